The van der Waals surface area contributed by atoms with Crippen molar-refractivity contribution >= 4 is 28.2 Å². The molecule has 0 spiro atoms. The minimum atomic E-state index is -0.727. The Hall–Kier alpha value is -2.54. The predicted molar refractivity (Wildman–Crippen MR) is 96.4 cm³/mol. The summed E-state index contributed by atoms with van der Waals surface area (Å²) in [5, 5.41) is 3.75. The molecule has 2 amide bonds. The van der Waals surface area contributed by atoms with Gasteiger partial charge in [0.1, 0.15) is 6.61 Å². The Balaban J connectivity index is 2.19. The zero-order chi connectivity index (χ0) is 17.4. The number of carbonyl (C=O) groups is 1. The number of hydrazone groups is 1. The fourth-order valence-electron chi connectivity index (χ4n) is 1.93. The molecule has 0 atom stereocenters. The van der Waals surface area contributed by atoms with Crippen molar-refractivity contribution in [3.8, 4) is 11.5 Å². The van der Waals surface area contributed by atoms with Crippen molar-refractivity contribution in [2.75, 3.05) is 6.61 Å². The van der Waals surface area contributed by atoms with E-state index in [1.807, 2.05) is 37.3 Å². The number of hydrogen-bond acceptors (Lipinski definition) is 4. The molecular formula is C17H18BrN3O3. The maximum atomic E-state index is 10.7. The molecule has 2 aromatic rings. The first-order chi connectivity index (χ1) is 11.6. The highest BCUT2D eigenvalue weighted by molar-refractivity contribution is 9.10. The van der Waals surface area contributed by atoms with Gasteiger partial charge in [-0.3, -0.25) is 0 Å². The number of nitrogens with zero attached hydrogens (tertiary/aromatic N) is 1. The van der Waals surface area contributed by atoms with Crippen LogP contribution >= 0.6 is 15.9 Å². The first-order valence-electron chi connectivity index (χ1n) is 7.31. The Kier molecular flexibility index (Phi) is 6.62. The maximum absolute atomic E-state index is 10.7. The van der Waals surface area contributed by atoms with Crippen LogP contribution in [0.3, 0.4) is 0 Å². The van der Waals surface area contributed by atoms with Crippen LogP contribution in [0.1, 0.15) is 18.1 Å². The van der Waals surface area contributed by atoms with Crippen molar-refractivity contribution in [2.24, 2.45) is 10.8 Å². The van der Waals surface area contributed by atoms with E-state index in [2.05, 4.69) is 26.5 Å². The lowest BCUT2D eigenvalue weighted by Gasteiger charge is -2.14. The highest BCUT2D eigenvalue weighted by Gasteiger charge is 2.10. The summed E-state index contributed by atoms with van der Waals surface area (Å²) < 4.78 is 12.2. The molecule has 0 unspecified atom stereocenters. The first-order valence-corrected chi connectivity index (χ1v) is 8.11. The number of carbonyl (C=O) groups excluding carboxylic acids is 1. The lowest BCUT2D eigenvalue weighted by molar-refractivity contribution is 0.249. The summed E-state index contributed by atoms with van der Waals surface area (Å²) in [4.78, 5) is 10.7. The average molecular weight is 392 g/mol. The number of urea groups is 1. The molecule has 0 aromatic heterocycles. The quantitative estimate of drug-likeness (QED) is 0.559. The standard InChI is InChI=1S/C17H18BrN3O3/c1-2-23-15-8-13(10-20-21-17(19)22)14(18)9-16(15)24-11-12-6-4-3-5-7-12/h3-10H,2,11H2,1H3,(H3,19,21,22)/b20-10+. The number of primary amides is 1. The molecule has 0 heterocycles. The molecular weight excluding hydrogens is 374 g/mol. The Morgan fingerprint density at radius 2 is 1.96 bits per heavy atom. The van der Waals surface area contributed by atoms with E-state index in [4.69, 9.17) is 15.2 Å². The summed E-state index contributed by atoms with van der Waals surface area (Å²) in [6, 6.07) is 12.7. The number of hydrogen-bond donors (Lipinski definition) is 2. The third-order valence-corrected chi connectivity index (χ3v) is 3.67. The second-order valence-corrected chi connectivity index (χ2v) is 5.62. The molecule has 0 radical (unpaired) electrons. The molecule has 126 valence electrons. The van der Waals surface area contributed by atoms with Crippen molar-refractivity contribution in [2.45, 2.75) is 13.5 Å². The van der Waals surface area contributed by atoms with Crippen molar-refractivity contribution in [1.82, 2.24) is 5.43 Å². The summed E-state index contributed by atoms with van der Waals surface area (Å²) in [6.07, 6.45) is 1.47. The molecule has 0 aliphatic rings. The summed E-state index contributed by atoms with van der Waals surface area (Å²) in [5.74, 6) is 1.21. The summed E-state index contributed by atoms with van der Waals surface area (Å²) in [5.41, 5.74) is 8.90. The van der Waals surface area contributed by atoms with Gasteiger partial charge >= 0.3 is 6.03 Å². The van der Waals surface area contributed by atoms with Gasteiger partial charge in [0.2, 0.25) is 0 Å². The topological polar surface area (TPSA) is 85.9 Å². The van der Waals surface area contributed by atoms with Gasteiger partial charge in [0, 0.05) is 10.0 Å². The Morgan fingerprint density at radius 1 is 1.25 bits per heavy atom. The third kappa shape index (κ3) is 5.27. The van der Waals surface area contributed by atoms with Crippen LogP contribution in [0.25, 0.3) is 0 Å². The van der Waals surface area contributed by atoms with Crippen LogP contribution in [0.15, 0.2) is 52.0 Å². The smallest absolute Gasteiger partial charge is 0.332 e. The maximum Gasteiger partial charge on any atom is 0.332 e. The number of nitrogens with two attached hydrogens (primary N) is 1. The predicted octanol–water partition coefficient (Wildman–Crippen LogP) is 3.43. The molecule has 3 N–H and O–H groups in total. The van der Waals surface area contributed by atoms with Gasteiger partial charge in [0.15, 0.2) is 11.5 Å². The zero-order valence-corrected chi connectivity index (χ0v) is 14.7. The van der Waals surface area contributed by atoms with Crippen LogP contribution in [0.4, 0.5) is 4.79 Å². The SMILES string of the molecule is CCOc1cc(/C=N/NC(N)=O)c(Br)cc1OCc1ccccc1. The summed E-state index contributed by atoms with van der Waals surface area (Å²) in [7, 11) is 0. The van der Waals surface area contributed by atoms with Crippen molar-refractivity contribution in [3.05, 3.63) is 58.1 Å². The van der Waals surface area contributed by atoms with Gasteiger partial charge in [0.05, 0.1) is 12.8 Å². The van der Waals surface area contributed by atoms with Crippen molar-refractivity contribution < 1.29 is 14.3 Å². The van der Waals surface area contributed by atoms with Crippen LogP contribution in [-0.4, -0.2) is 18.9 Å². The van der Waals surface area contributed by atoms with Gasteiger partial charge in [-0.15, -0.1) is 0 Å². The van der Waals surface area contributed by atoms with Gasteiger partial charge in [-0.1, -0.05) is 30.3 Å². The largest absolute Gasteiger partial charge is 0.490 e. The number of nitrogens with one attached hydrogen (secondary N) is 1. The average Bonchev–Trinajstić information content (AvgIpc) is 2.57. The summed E-state index contributed by atoms with van der Waals surface area (Å²) in [6.45, 7) is 2.83. The third-order valence-electron chi connectivity index (χ3n) is 2.98. The fourth-order valence-corrected chi connectivity index (χ4v) is 2.36. The molecule has 24 heavy (non-hydrogen) atoms. The van der Waals surface area contributed by atoms with Crippen LogP contribution in [0.5, 0.6) is 11.5 Å². The normalized spacial score (nSPS) is 10.6. The van der Waals surface area contributed by atoms with E-state index in [9.17, 15) is 4.79 Å². The fraction of sp³-hybridized carbons (Fsp3) is 0.176. The first kappa shape index (κ1) is 17.8. The zero-order valence-electron chi connectivity index (χ0n) is 13.2. The second-order valence-electron chi connectivity index (χ2n) is 4.76. The molecule has 0 aliphatic heterocycles. The minimum Gasteiger partial charge on any atom is -0.490 e. The summed E-state index contributed by atoms with van der Waals surface area (Å²) >= 11 is 3.46. The van der Waals surface area contributed by atoms with E-state index in [1.165, 1.54) is 6.21 Å². The van der Waals surface area contributed by atoms with Crippen LogP contribution in [0, 0.1) is 0 Å². The van der Waals surface area contributed by atoms with Crippen LogP contribution in [-0.2, 0) is 6.61 Å². The molecule has 2 aromatic carbocycles. The van der Waals surface area contributed by atoms with E-state index in [0.717, 1.165) is 15.6 Å². The number of rotatable bonds is 7. The lowest BCUT2D eigenvalue weighted by atomic mass is 10.2. The molecule has 6 nitrogen and oxygen atoms in total. The Morgan fingerprint density at radius 3 is 2.62 bits per heavy atom. The second kappa shape index (κ2) is 8.93. The lowest BCUT2D eigenvalue weighted by Crippen LogP contribution is -2.24. The molecule has 0 saturated heterocycles. The molecule has 0 saturated carbocycles. The van der Waals surface area contributed by atoms with Crippen molar-refractivity contribution in [3.63, 3.8) is 0 Å². The van der Waals surface area contributed by atoms with Crippen LogP contribution in [0.2, 0.25) is 0 Å². The molecule has 0 fully saturated rings. The van der Waals surface area contributed by atoms with E-state index in [0.29, 0.717) is 24.7 Å². The van der Waals surface area contributed by atoms with E-state index >= 15 is 0 Å². The Labute approximate surface area is 148 Å². The highest BCUT2D eigenvalue weighted by Crippen LogP contribution is 2.33. The van der Waals surface area contributed by atoms with E-state index in [-0.39, 0.29) is 0 Å². The molecule has 0 bridgehead atoms. The van der Waals surface area contributed by atoms with Crippen LogP contribution < -0.4 is 20.6 Å². The van der Waals surface area contributed by atoms with Gasteiger partial charge < -0.3 is 15.2 Å². The van der Waals surface area contributed by atoms with Crippen molar-refractivity contribution in [1.29, 1.82) is 0 Å². The number of benzene rings is 2. The van der Waals surface area contributed by atoms with Gasteiger partial charge in [-0.25, -0.2) is 10.2 Å². The molecule has 0 aliphatic carbocycles. The Bertz CT molecular complexity index is 721. The molecule has 7 heteroatoms. The van der Waals surface area contributed by atoms with Gasteiger partial charge in [-0.05, 0) is 40.5 Å². The monoisotopic (exact) mass is 391 g/mol. The van der Waals surface area contributed by atoms with Gasteiger partial charge in [0.25, 0.3) is 0 Å². The number of amides is 2. The van der Waals surface area contributed by atoms with E-state index < -0.39 is 6.03 Å². The minimum absolute atomic E-state index is 0.435. The highest BCUT2D eigenvalue weighted by atomic mass is 79.9. The van der Waals surface area contributed by atoms with E-state index in [1.54, 1.807) is 12.1 Å². The number of ether oxygens (including phenoxy) is 2. The molecule has 2 rings (SSSR count). The van der Waals surface area contributed by atoms with Gasteiger partial charge in [-0.2, -0.15) is 5.10 Å². The number of halogens is 1.